The predicted octanol–water partition coefficient (Wildman–Crippen LogP) is 4.97. The Bertz CT molecular complexity index is 939. The van der Waals surface area contributed by atoms with Crippen LogP contribution in [0, 0.1) is 9.49 Å². The smallest absolute Gasteiger partial charge is 0.225 e. The molecule has 0 fully saturated rings. The van der Waals surface area contributed by atoms with E-state index in [1.165, 1.54) is 0 Å². The fourth-order valence-electron chi connectivity index (χ4n) is 2.54. The fourth-order valence-corrected chi connectivity index (χ4v) is 3.44. The first-order valence-electron chi connectivity index (χ1n) is 8.86. The van der Waals surface area contributed by atoms with Gasteiger partial charge in [-0.15, -0.1) is 0 Å². The van der Waals surface area contributed by atoms with E-state index in [1.807, 2.05) is 56.3 Å². The van der Waals surface area contributed by atoms with E-state index in [4.69, 9.17) is 11.6 Å². The van der Waals surface area contributed by atoms with Crippen molar-refractivity contribution in [1.29, 1.82) is 0 Å². The van der Waals surface area contributed by atoms with Gasteiger partial charge in [-0.1, -0.05) is 31.5 Å². The van der Waals surface area contributed by atoms with Crippen molar-refractivity contribution in [3.63, 3.8) is 0 Å². The van der Waals surface area contributed by atoms with Gasteiger partial charge in [0.2, 0.25) is 5.95 Å². The summed E-state index contributed by atoms with van der Waals surface area (Å²) in [6.45, 7) is 4.04. The summed E-state index contributed by atoms with van der Waals surface area (Å²) < 4.78 is 1.05. The number of benzene rings is 1. The van der Waals surface area contributed by atoms with Gasteiger partial charge in [-0.2, -0.15) is 4.98 Å². The average Bonchev–Trinajstić information content (AvgIpc) is 2.68. The Hall–Kier alpha value is -1.97. The molecule has 2 heterocycles. The number of aliphatic hydroxyl groups is 1. The van der Waals surface area contributed by atoms with Crippen LogP contribution in [0.15, 0.2) is 48.7 Å². The molecule has 1 aromatic carbocycles. The van der Waals surface area contributed by atoms with Gasteiger partial charge in [0, 0.05) is 15.8 Å². The normalized spacial score (nSPS) is 12.1. The van der Waals surface area contributed by atoms with Gasteiger partial charge in [0.1, 0.15) is 5.82 Å². The minimum absolute atomic E-state index is 0.0133. The summed E-state index contributed by atoms with van der Waals surface area (Å²) in [4.78, 5) is 13.5. The minimum Gasteiger partial charge on any atom is -0.394 e. The number of hydrogen-bond acceptors (Lipinski definition) is 6. The minimum atomic E-state index is -0.159. The molecule has 0 aliphatic carbocycles. The van der Waals surface area contributed by atoms with E-state index >= 15 is 0 Å². The van der Waals surface area contributed by atoms with Crippen LogP contribution in [0.4, 0.5) is 17.5 Å². The molecule has 0 aliphatic heterocycles. The zero-order valence-electron chi connectivity index (χ0n) is 15.5. The number of rotatable bonds is 7. The maximum atomic E-state index is 9.65. The van der Waals surface area contributed by atoms with Crippen LogP contribution in [0.3, 0.4) is 0 Å². The number of pyridine rings is 1. The monoisotopic (exact) mass is 509 g/mol. The van der Waals surface area contributed by atoms with Crippen molar-refractivity contribution in [3.05, 3.63) is 57.3 Å². The first-order valence-corrected chi connectivity index (χ1v) is 10.3. The number of hydrogen-bond donors (Lipinski definition) is 3. The Balaban J connectivity index is 1.99. The van der Waals surface area contributed by atoms with Crippen LogP contribution in [-0.2, 0) is 0 Å². The summed E-state index contributed by atoms with van der Waals surface area (Å²) in [5.41, 5.74) is 2.15. The second-order valence-electron chi connectivity index (χ2n) is 6.60. The first-order chi connectivity index (χ1) is 13.5. The highest BCUT2D eigenvalue weighted by Gasteiger charge is 2.15. The second kappa shape index (κ2) is 9.49. The third-order valence-electron chi connectivity index (χ3n) is 4.16. The quantitative estimate of drug-likeness (QED) is 0.390. The van der Waals surface area contributed by atoms with Crippen molar-refractivity contribution < 1.29 is 5.11 Å². The molecule has 0 saturated heterocycles. The molecule has 28 heavy (non-hydrogen) atoms. The van der Waals surface area contributed by atoms with Gasteiger partial charge in [0.25, 0.3) is 0 Å². The molecule has 3 aromatic rings. The Labute approximate surface area is 182 Å². The molecule has 8 heteroatoms. The maximum absolute atomic E-state index is 9.65. The van der Waals surface area contributed by atoms with Gasteiger partial charge in [0.15, 0.2) is 0 Å². The maximum Gasteiger partial charge on any atom is 0.225 e. The van der Waals surface area contributed by atoms with E-state index in [1.54, 1.807) is 6.20 Å². The predicted molar refractivity (Wildman–Crippen MR) is 122 cm³/mol. The molecule has 0 bridgehead atoms. The van der Waals surface area contributed by atoms with Crippen LogP contribution in [0.5, 0.6) is 0 Å². The SMILES string of the molecule is CC(C)[C@H](CO)Nc1nc(Nc2ccc(I)cc2Cl)cc(-c2ccccn2)n1. The lowest BCUT2D eigenvalue weighted by molar-refractivity contribution is 0.248. The summed E-state index contributed by atoms with van der Waals surface area (Å²) >= 11 is 8.57. The largest absolute Gasteiger partial charge is 0.394 e. The molecule has 6 nitrogen and oxygen atoms in total. The van der Waals surface area contributed by atoms with Crippen LogP contribution in [-0.4, -0.2) is 32.7 Å². The van der Waals surface area contributed by atoms with E-state index in [2.05, 4.69) is 48.2 Å². The Morgan fingerprint density at radius 3 is 2.57 bits per heavy atom. The van der Waals surface area contributed by atoms with Crippen LogP contribution >= 0.6 is 34.2 Å². The van der Waals surface area contributed by atoms with Gasteiger partial charge < -0.3 is 15.7 Å². The lowest BCUT2D eigenvalue weighted by Gasteiger charge is -2.20. The summed E-state index contributed by atoms with van der Waals surface area (Å²) in [5, 5.41) is 16.7. The summed E-state index contributed by atoms with van der Waals surface area (Å²) in [6, 6.07) is 13.1. The van der Waals surface area contributed by atoms with Crippen molar-refractivity contribution in [3.8, 4) is 11.4 Å². The van der Waals surface area contributed by atoms with Crippen molar-refractivity contribution >= 4 is 51.6 Å². The zero-order valence-corrected chi connectivity index (χ0v) is 18.4. The number of aromatic nitrogens is 3. The highest BCUT2D eigenvalue weighted by molar-refractivity contribution is 14.1. The standard InChI is InChI=1S/C20H21ClIN5O/c1-12(2)18(11-28)26-20-25-17(16-5-3-4-8-23-16)10-19(27-20)24-15-7-6-13(22)9-14(15)21/h3-10,12,18,28H,11H2,1-2H3,(H2,24,25,26,27)/t18-/m0/s1. The molecule has 0 amide bonds. The van der Waals surface area contributed by atoms with Gasteiger partial charge in [-0.05, 0) is 58.8 Å². The van der Waals surface area contributed by atoms with E-state index in [9.17, 15) is 5.11 Å². The van der Waals surface area contributed by atoms with Crippen LogP contribution in [0.1, 0.15) is 13.8 Å². The highest BCUT2D eigenvalue weighted by atomic mass is 127. The molecule has 0 unspecified atom stereocenters. The summed E-state index contributed by atoms with van der Waals surface area (Å²) in [5.74, 6) is 1.22. The average molecular weight is 510 g/mol. The Morgan fingerprint density at radius 1 is 1.11 bits per heavy atom. The third kappa shape index (κ3) is 5.30. The summed E-state index contributed by atoms with van der Waals surface area (Å²) in [6.07, 6.45) is 1.72. The molecule has 1 atom stereocenters. The lowest BCUT2D eigenvalue weighted by atomic mass is 10.1. The molecule has 0 aliphatic rings. The number of aliphatic hydroxyl groups excluding tert-OH is 1. The molecule has 3 rings (SSSR count). The zero-order chi connectivity index (χ0) is 20.1. The number of nitrogens with zero attached hydrogens (tertiary/aromatic N) is 3. The molecule has 3 N–H and O–H groups in total. The van der Waals surface area contributed by atoms with E-state index in [-0.39, 0.29) is 18.6 Å². The van der Waals surface area contributed by atoms with Gasteiger partial charge in [-0.25, -0.2) is 4.98 Å². The van der Waals surface area contributed by atoms with Gasteiger partial charge in [-0.3, -0.25) is 4.98 Å². The highest BCUT2D eigenvalue weighted by Crippen LogP contribution is 2.28. The van der Waals surface area contributed by atoms with Crippen LogP contribution in [0.2, 0.25) is 5.02 Å². The van der Waals surface area contributed by atoms with Crippen LogP contribution < -0.4 is 10.6 Å². The van der Waals surface area contributed by atoms with E-state index in [0.717, 1.165) is 15.0 Å². The van der Waals surface area contributed by atoms with Crippen molar-refractivity contribution in [1.82, 2.24) is 15.0 Å². The van der Waals surface area contributed by atoms with Crippen molar-refractivity contribution in [2.75, 3.05) is 17.2 Å². The molecule has 0 spiro atoms. The van der Waals surface area contributed by atoms with Gasteiger partial charge in [0.05, 0.1) is 34.7 Å². The first kappa shape index (κ1) is 20.8. The van der Waals surface area contributed by atoms with Gasteiger partial charge >= 0.3 is 0 Å². The van der Waals surface area contributed by atoms with Crippen molar-refractivity contribution in [2.45, 2.75) is 19.9 Å². The molecule has 2 aromatic heterocycles. The molecule has 0 radical (unpaired) electrons. The Kier molecular flexibility index (Phi) is 7.03. The molecule has 0 saturated carbocycles. The fraction of sp³-hybridized carbons (Fsp3) is 0.250. The second-order valence-corrected chi connectivity index (χ2v) is 8.26. The number of halogens is 2. The third-order valence-corrected chi connectivity index (χ3v) is 5.15. The van der Waals surface area contributed by atoms with Crippen molar-refractivity contribution in [2.24, 2.45) is 5.92 Å². The molecular weight excluding hydrogens is 489 g/mol. The van der Waals surface area contributed by atoms with E-state index in [0.29, 0.717) is 22.5 Å². The topological polar surface area (TPSA) is 83.0 Å². The number of nitrogens with one attached hydrogen (secondary N) is 2. The van der Waals surface area contributed by atoms with Crippen LogP contribution in [0.25, 0.3) is 11.4 Å². The lowest BCUT2D eigenvalue weighted by Crippen LogP contribution is -2.30. The summed E-state index contributed by atoms with van der Waals surface area (Å²) in [7, 11) is 0. The number of anilines is 3. The molecular formula is C20H21ClIN5O. The molecule has 146 valence electrons. The van der Waals surface area contributed by atoms with E-state index < -0.39 is 0 Å². The Morgan fingerprint density at radius 2 is 1.93 bits per heavy atom.